The van der Waals surface area contributed by atoms with Gasteiger partial charge in [0.2, 0.25) is 5.91 Å². The van der Waals surface area contributed by atoms with Crippen LogP contribution in [-0.4, -0.2) is 15.9 Å². The number of imidazole rings is 1. The van der Waals surface area contributed by atoms with Crippen LogP contribution in [0.1, 0.15) is 28.8 Å². The zero-order chi connectivity index (χ0) is 13.1. The molecule has 0 fully saturated rings. The van der Waals surface area contributed by atoms with Crippen LogP contribution in [0.4, 0.5) is 0 Å². The van der Waals surface area contributed by atoms with E-state index in [0.29, 0.717) is 13.0 Å². The van der Waals surface area contributed by atoms with Crippen LogP contribution in [0.3, 0.4) is 0 Å². The van der Waals surface area contributed by atoms with Gasteiger partial charge in [-0.15, -0.1) is 0 Å². The van der Waals surface area contributed by atoms with E-state index in [2.05, 4.69) is 33.5 Å². The molecule has 3 rings (SSSR count). The SMILES string of the molecule is O=C(Cc1ccc2c(c1)CCC2)NCc1cnc[nH]1. The first-order valence-electron chi connectivity index (χ1n) is 6.66. The smallest absolute Gasteiger partial charge is 0.224 e. The summed E-state index contributed by atoms with van der Waals surface area (Å²) in [6, 6.07) is 6.41. The van der Waals surface area contributed by atoms with E-state index in [1.165, 1.54) is 24.0 Å². The molecule has 0 aliphatic heterocycles. The van der Waals surface area contributed by atoms with E-state index in [9.17, 15) is 4.79 Å². The van der Waals surface area contributed by atoms with Crippen LogP contribution in [-0.2, 0) is 30.6 Å². The Kier molecular flexibility index (Phi) is 3.31. The quantitative estimate of drug-likeness (QED) is 0.874. The van der Waals surface area contributed by atoms with E-state index >= 15 is 0 Å². The minimum Gasteiger partial charge on any atom is -0.350 e. The van der Waals surface area contributed by atoms with Crippen molar-refractivity contribution in [2.45, 2.75) is 32.2 Å². The molecule has 0 bridgehead atoms. The molecule has 2 aromatic rings. The minimum atomic E-state index is 0.0487. The molecule has 1 heterocycles. The third-order valence-corrected chi connectivity index (χ3v) is 3.56. The number of nitrogens with zero attached hydrogens (tertiary/aromatic N) is 1. The third-order valence-electron chi connectivity index (χ3n) is 3.56. The first-order valence-corrected chi connectivity index (χ1v) is 6.66. The summed E-state index contributed by atoms with van der Waals surface area (Å²) < 4.78 is 0. The number of fused-ring (bicyclic) bond motifs is 1. The van der Waals surface area contributed by atoms with Gasteiger partial charge in [-0.3, -0.25) is 4.79 Å². The Bertz CT molecular complexity index is 575. The molecule has 1 amide bonds. The van der Waals surface area contributed by atoms with Gasteiger partial charge in [0.05, 0.1) is 25.0 Å². The summed E-state index contributed by atoms with van der Waals surface area (Å²) in [5.41, 5.74) is 4.88. The molecular weight excluding hydrogens is 238 g/mol. The Balaban J connectivity index is 1.57. The highest BCUT2D eigenvalue weighted by Crippen LogP contribution is 2.22. The van der Waals surface area contributed by atoms with Crippen molar-refractivity contribution in [2.75, 3.05) is 0 Å². The second kappa shape index (κ2) is 5.26. The number of H-pyrrole nitrogens is 1. The summed E-state index contributed by atoms with van der Waals surface area (Å²) in [4.78, 5) is 18.7. The highest BCUT2D eigenvalue weighted by atomic mass is 16.1. The number of nitrogens with one attached hydrogen (secondary N) is 2. The Morgan fingerprint density at radius 3 is 3.05 bits per heavy atom. The molecule has 0 saturated heterocycles. The first kappa shape index (κ1) is 12.0. The van der Waals surface area contributed by atoms with Crippen LogP contribution in [0.5, 0.6) is 0 Å². The molecule has 2 N–H and O–H groups in total. The third kappa shape index (κ3) is 2.84. The van der Waals surface area contributed by atoms with Crippen molar-refractivity contribution in [1.29, 1.82) is 0 Å². The number of benzene rings is 1. The topological polar surface area (TPSA) is 57.8 Å². The number of amides is 1. The number of rotatable bonds is 4. The lowest BCUT2D eigenvalue weighted by molar-refractivity contribution is -0.120. The van der Waals surface area contributed by atoms with Crippen LogP contribution >= 0.6 is 0 Å². The molecule has 0 atom stereocenters. The fourth-order valence-electron chi connectivity index (χ4n) is 2.56. The van der Waals surface area contributed by atoms with E-state index in [4.69, 9.17) is 0 Å². The maximum atomic E-state index is 11.9. The summed E-state index contributed by atoms with van der Waals surface area (Å²) in [7, 11) is 0. The number of hydrogen-bond acceptors (Lipinski definition) is 2. The standard InChI is InChI=1S/C15H17N3O/c19-15(17-9-14-8-16-10-18-14)7-11-4-5-12-2-1-3-13(12)6-11/h4-6,8,10H,1-3,7,9H2,(H,16,18)(H,17,19). The highest BCUT2D eigenvalue weighted by Gasteiger charge is 2.12. The number of carbonyl (C=O) groups excluding carboxylic acids is 1. The lowest BCUT2D eigenvalue weighted by atomic mass is 10.0. The average Bonchev–Trinajstić information content (AvgIpc) is 3.07. The normalized spacial score (nSPS) is 13.3. The Morgan fingerprint density at radius 2 is 2.21 bits per heavy atom. The van der Waals surface area contributed by atoms with E-state index < -0.39 is 0 Å². The lowest BCUT2D eigenvalue weighted by Crippen LogP contribution is -2.24. The molecule has 4 heteroatoms. The lowest BCUT2D eigenvalue weighted by Gasteiger charge is -2.06. The first-order chi connectivity index (χ1) is 9.31. The van der Waals surface area contributed by atoms with Crippen LogP contribution in [0.25, 0.3) is 0 Å². The van der Waals surface area contributed by atoms with Gasteiger partial charge in [-0.1, -0.05) is 18.2 Å². The number of carbonyl (C=O) groups is 1. The van der Waals surface area contributed by atoms with E-state index in [1.807, 2.05) is 0 Å². The molecule has 1 aromatic carbocycles. The van der Waals surface area contributed by atoms with Crippen molar-refractivity contribution in [1.82, 2.24) is 15.3 Å². The molecule has 0 saturated carbocycles. The fourth-order valence-corrected chi connectivity index (χ4v) is 2.56. The summed E-state index contributed by atoms with van der Waals surface area (Å²) in [5.74, 6) is 0.0487. The van der Waals surface area contributed by atoms with Crippen molar-refractivity contribution in [3.63, 3.8) is 0 Å². The molecular formula is C15H17N3O. The van der Waals surface area contributed by atoms with Crippen molar-refractivity contribution < 1.29 is 4.79 Å². The summed E-state index contributed by atoms with van der Waals surface area (Å²) >= 11 is 0. The highest BCUT2D eigenvalue weighted by molar-refractivity contribution is 5.78. The molecule has 1 aromatic heterocycles. The predicted octanol–water partition coefficient (Wildman–Crippen LogP) is 1.76. The molecule has 0 radical (unpaired) electrons. The van der Waals surface area contributed by atoms with E-state index in [-0.39, 0.29) is 5.91 Å². The Labute approximate surface area is 112 Å². The predicted molar refractivity (Wildman–Crippen MR) is 72.6 cm³/mol. The van der Waals surface area contributed by atoms with Gasteiger partial charge in [0.15, 0.2) is 0 Å². The maximum absolute atomic E-state index is 11.9. The van der Waals surface area contributed by atoms with Gasteiger partial charge in [0, 0.05) is 6.20 Å². The molecule has 0 spiro atoms. The van der Waals surface area contributed by atoms with Crippen molar-refractivity contribution in [3.8, 4) is 0 Å². The maximum Gasteiger partial charge on any atom is 0.224 e. The van der Waals surface area contributed by atoms with Crippen molar-refractivity contribution >= 4 is 5.91 Å². The molecule has 1 aliphatic rings. The molecule has 98 valence electrons. The summed E-state index contributed by atoms with van der Waals surface area (Å²) in [5, 5.41) is 2.89. The van der Waals surface area contributed by atoms with Gasteiger partial charge in [-0.25, -0.2) is 4.98 Å². The number of aromatic nitrogens is 2. The van der Waals surface area contributed by atoms with Crippen LogP contribution < -0.4 is 5.32 Å². The van der Waals surface area contributed by atoms with Crippen LogP contribution in [0.15, 0.2) is 30.7 Å². The van der Waals surface area contributed by atoms with Crippen LogP contribution in [0, 0.1) is 0 Å². The van der Waals surface area contributed by atoms with Gasteiger partial charge < -0.3 is 10.3 Å². The second-order valence-electron chi connectivity index (χ2n) is 4.99. The fraction of sp³-hybridized carbons (Fsp3) is 0.333. The number of hydrogen-bond donors (Lipinski definition) is 2. The molecule has 0 unspecified atom stereocenters. The van der Waals surface area contributed by atoms with Gasteiger partial charge in [-0.05, 0) is 36.0 Å². The number of aryl methyl sites for hydroxylation is 2. The molecule has 19 heavy (non-hydrogen) atoms. The largest absolute Gasteiger partial charge is 0.350 e. The second-order valence-corrected chi connectivity index (χ2v) is 4.99. The van der Waals surface area contributed by atoms with Gasteiger partial charge in [0.25, 0.3) is 0 Å². The Hall–Kier alpha value is -2.10. The van der Waals surface area contributed by atoms with Gasteiger partial charge in [0.1, 0.15) is 0 Å². The van der Waals surface area contributed by atoms with Crippen LogP contribution in [0.2, 0.25) is 0 Å². The van der Waals surface area contributed by atoms with Gasteiger partial charge in [-0.2, -0.15) is 0 Å². The summed E-state index contributed by atoms with van der Waals surface area (Å²) in [6.45, 7) is 0.504. The monoisotopic (exact) mass is 255 g/mol. The zero-order valence-electron chi connectivity index (χ0n) is 10.8. The summed E-state index contributed by atoms with van der Waals surface area (Å²) in [6.07, 6.45) is 7.35. The van der Waals surface area contributed by atoms with E-state index in [0.717, 1.165) is 17.7 Å². The van der Waals surface area contributed by atoms with E-state index in [1.54, 1.807) is 12.5 Å². The Morgan fingerprint density at radius 1 is 1.32 bits per heavy atom. The minimum absolute atomic E-state index is 0.0487. The van der Waals surface area contributed by atoms with Gasteiger partial charge >= 0.3 is 0 Å². The van der Waals surface area contributed by atoms with Crippen molar-refractivity contribution in [2.24, 2.45) is 0 Å². The number of aromatic amines is 1. The molecule has 1 aliphatic carbocycles. The molecule has 4 nitrogen and oxygen atoms in total. The average molecular weight is 255 g/mol. The van der Waals surface area contributed by atoms with Crippen molar-refractivity contribution in [3.05, 3.63) is 53.1 Å². The zero-order valence-corrected chi connectivity index (χ0v) is 10.8.